The Morgan fingerprint density at radius 2 is 2.30 bits per heavy atom. The number of nitrogens with two attached hydrogens (primary N) is 1. The van der Waals surface area contributed by atoms with Crippen molar-refractivity contribution in [3.63, 3.8) is 0 Å². The van der Waals surface area contributed by atoms with E-state index in [2.05, 4.69) is 15.7 Å². The molecule has 8 heteroatoms. The number of nitrogen functional groups attached to an aromatic ring is 1. The normalized spacial score (nSPS) is 17.6. The number of carbonyl (C=O) groups is 2. The SMILES string of the molecule is CC1(C)C(=O)NCCN1C(=O)c1ccnc(NN)c1F. The van der Waals surface area contributed by atoms with E-state index in [-0.39, 0.29) is 17.3 Å². The molecule has 1 aromatic heterocycles. The van der Waals surface area contributed by atoms with Crippen LogP contribution in [-0.2, 0) is 4.79 Å². The standard InChI is InChI=1S/C12H16FN5O2/c1-12(2)11(20)16-5-6-18(12)10(19)7-3-4-15-9(17-14)8(7)13/h3-4H,5-6,14H2,1-2H3,(H,15,17)(H,16,20). The minimum absolute atomic E-state index is 0.171. The summed E-state index contributed by atoms with van der Waals surface area (Å²) < 4.78 is 14.1. The van der Waals surface area contributed by atoms with Gasteiger partial charge in [0.1, 0.15) is 5.54 Å². The van der Waals surface area contributed by atoms with Gasteiger partial charge >= 0.3 is 0 Å². The summed E-state index contributed by atoms with van der Waals surface area (Å²) in [6.07, 6.45) is 1.28. The van der Waals surface area contributed by atoms with E-state index in [1.54, 1.807) is 13.8 Å². The van der Waals surface area contributed by atoms with Crippen molar-refractivity contribution in [2.75, 3.05) is 18.5 Å². The molecule has 2 amide bonds. The number of piperazine rings is 1. The molecule has 0 spiro atoms. The smallest absolute Gasteiger partial charge is 0.257 e. The molecule has 108 valence electrons. The molecule has 0 aromatic carbocycles. The molecule has 1 aromatic rings. The predicted molar refractivity (Wildman–Crippen MR) is 70.1 cm³/mol. The van der Waals surface area contributed by atoms with E-state index in [9.17, 15) is 14.0 Å². The number of hydrazine groups is 1. The molecule has 1 saturated heterocycles. The van der Waals surface area contributed by atoms with Crippen molar-refractivity contribution in [1.29, 1.82) is 0 Å². The largest absolute Gasteiger partial charge is 0.352 e. The number of halogens is 1. The average molecular weight is 281 g/mol. The van der Waals surface area contributed by atoms with Gasteiger partial charge in [-0.25, -0.2) is 15.2 Å². The van der Waals surface area contributed by atoms with Crippen molar-refractivity contribution in [3.8, 4) is 0 Å². The van der Waals surface area contributed by atoms with Gasteiger partial charge in [-0.15, -0.1) is 0 Å². The van der Waals surface area contributed by atoms with Crippen molar-refractivity contribution >= 4 is 17.6 Å². The van der Waals surface area contributed by atoms with Gasteiger partial charge in [-0.3, -0.25) is 9.59 Å². The Balaban J connectivity index is 2.39. The van der Waals surface area contributed by atoms with Crippen LogP contribution in [0, 0.1) is 5.82 Å². The summed E-state index contributed by atoms with van der Waals surface area (Å²) in [6, 6.07) is 1.26. The van der Waals surface area contributed by atoms with Gasteiger partial charge in [-0.1, -0.05) is 0 Å². The van der Waals surface area contributed by atoms with Crippen LogP contribution in [0.2, 0.25) is 0 Å². The lowest BCUT2D eigenvalue weighted by Crippen LogP contribution is -2.63. The fourth-order valence-corrected chi connectivity index (χ4v) is 2.11. The van der Waals surface area contributed by atoms with Crippen LogP contribution in [0.3, 0.4) is 0 Å². The van der Waals surface area contributed by atoms with Crippen molar-refractivity contribution in [3.05, 3.63) is 23.6 Å². The van der Waals surface area contributed by atoms with Crippen LogP contribution in [-0.4, -0.2) is 40.3 Å². The maximum absolute atomic E-state index is 14.1. The molecule has 0 unspecified atom stereocenters. The molecule has 0 radical (unpaired) electrons. The summed E-state index contributed by atoms with van der Waals surface area (Å²) in [7, 11) is 0. The van der Waals surface area contributed by atoms with Gasteiger partial charge in [-0.2, -0.15) is 0 Å². The Hall–Kier alpha value is -2.22. The lowest BCUT2D eigenvalue weighted by molar-refractivity contribution is -0.133. The third-order valence-corrected chi connectivity index (χ3v) is 3.35. The zero-order valence-corrected chi connectivity index (χ0v) is 11.2. The van der Waals surface area contributed by atoms with Crippen LogP contribution < -0.4 is 16.6 Å². The minimum Gasteiger partial charge on any atom is -0.352 e. The summed E-state index contributed by atoms with van der Waals surface area (Å²) in [5.74, 6) is 3.24. The molecule has 1 aliphatic rings. The Labute approximate surface area is 115 Å². The van der Waals surface area contributed by atoms with Crippen LogP contribution in [0.1, 0.15) is 24.2 Å². The van der Waals surface area contributed by atoms with Gasteiger partial charge in [0, 0.05) is 19.3 Å². The van der Waals surface area contributed by atoms with E-state index in [0.717, 1.165) is 0 Å². The van der Waals surface area contributed by atoms with E-state index >= 15 is 0 Å². The van der Waals surface area contributed by atoms with Crippen molar-refractivity contribution in [1.82, 2.24) is 15.2 Å². The highest BCUT2D eigenvalue weighted by atomic mass is 19.1. The number of rotatable bonds is 2. The Kier molecular flexibility index (Phi) is 3.58. The molecular weight excluding hydrogens is 265 g/mol. The number of amides is 2. The molecule has 4 N–H and O–H groups in total. The summed E-state index contributed by atoms with van der Waals surface area (Å²) in [6.45, 7) is 3.87. The lowest BCUT2D eigenvalue weighted by atomic mass is 9.97. The first-order valence-corrected chi connectivity index (χ1v) is 6.11. The predicted octanol–water partition coefficient (Wildman–Crippen LogP) is -0.143. The van der Waals surface area contributed by atoms with E-state index in [1.807, 2.05) is 0 Å². The topological polar surface area (TPSA) is 100 Å². The third-order valence-electron chi connectivity index (χ3n) is 3.35. The first-order chi connectivity index (χ1) is 9.39. The molecule has 0 atom stereocenters. The summed E-state index contributed by atoms with van der Waals surface area (Å²) in [4.78, 5) is 29.3. The molecule has 2 rings (SSSR count). The summed E-state index contributed by atoms with van der Waals surface area (Å²) >= 11 is 0. The highest BCUT2D eigenvalue weighted by Gasteiger charge is 2.41. The van der Waals surface area contributed by atoms with Gasteiger partial charge in [0.2, 0.25) is 5.91 Å². The Morgan fingerprint density at radius 1 is 1.60 bits per heavy atom. The molecule has 1 aliphatic heterocycles. The maximum Gasteiger partial charge on any atom is 0.257 e. The highest BCUT2D eigenvalue weighted by Crippen LogP contribution is 2.23. The molecule has 0 bridgehead atoms. The van der Waals surface area contributed by atoms with Crippen LogP contribution in [0.15, 0.2) is 12.3 Å². The van der Waals surface area contributed by atoms with E-state index in [1.165, 1.54) is 17.2 Å². The van der Waals surface area contributed by atoms with E-state index in [0.29, 0.717) is 13.1 Å². The van der Waals surface area contributed by atoms with Gasteiger partial charge in [-0.05, 0) is 19.9 Å². The second-order valence-corrected chi connectivity index (χ2v) is 4.94. The number of anilines is 1. The monoisotopic (exact) mass is 281 g/mol. The van der Waals surface area contributed by atoms with E-state index in [4.69, 9.17) is 5.84 Å². The van der Waals surface area contributed by atoms with Crippen molar-refractivity contribution < 1.29 is 14.0 Å². The third kappa shape index (κ3) is 2.18. The molecular formula is C12H16FN5O2. The maximum atomic E-state index is 14.1. The molecule has 0 aliphatic carbocycles. The number of nitrogens with zero attached hydrogens (tertiary/aromatic N) is 2. The van der Waals surface area contributed by atoms with Gasteiger partial charge in [0.15, 0.2) is 11.6 Å². The Morgan fingerprint density at radius 3 is 2.95 bits per heavy atom. The molecule has 20 heavy (non-hydrogen) atoms. The summed E-state index contributed by atoms with van der Waals surface area (Å²) in [5.41, 5.74) is 0.876. The lowest BCUT2D eigenvalue weighted by Gasteiger charge is -2.41. The molecule has 7 nitrogen and oxygen atoms in total. The first kappa shape index (κ1) is 14.2. The number of pyridine rings is 1. The molecule has 1 fully saturated rings. The number of carbonyl (C=O) groups excluding carboxylic acids is 2. The highest BCUT2D eigenvalue weighted by molar-refractivity contribution is 6.00. The van der Waals surface area contributed by atoms with Crippen LogP contribution in [0.25, 0.3) is 0 Å². The number of hydrogen-bond donors (Lipinski definition) is 3. The first-order valence-electron chi connectivity index (χ1n) is 6.11. The number of aromatic nitrogens is 1. The average Bonchev–Trinajstić information content (AvgIpc) is 2.41. The summed E-state index contributed by atoms with van der Waals surface area (Å²) in [5, 5.41) is 2.67. The fourth-order valence-electron chi connectivity index (χ4n) is 2.11. The fraction of sp³-hybridized carbons (Fsp3) is 0.417. The van der Waals surface area contributed by atoms with Gasteiger partial charge in [0.25, 0.3) is 5.91 Å². The minimum atomic E-state index is -1.04. The molecule has 2 heterocycles. The van der Waals surface area contributed by atoms with Crippen LogP contribution in [0.5, 0.6) is 0 Å². The van der Waals surface area contributed by atoms with Crippen LogP contribution in [0.4, 0.5) is 10.2 Å². The second-order valence-electron chi connectivity index (χ2n) is 4.94. The second kappa shape index (κ2) is 5.04. The molecule has 0 saturated carbocycles. The van der Waals surface area contributed by atoms with Crippen LogP contribution >= 0.6 is 0 Å². The van der Waals surface area contributed by atoms with Crippen molar-refractivity contribution in [2.24, 2.45) is 5.84 Å². The quantitative estimate of drug-likeness (QED) is 0.517. The van der Waals surface area contributed by atoms with Gasteiger partial charge < -0.3 is 15.6 Å². The zero-order valence-electron chi connectivity index (χ0n) is 11.2. The van der Waals surface area contributed by atoms with E-state index < -0.39 is 17.3 Å². The number of hydrogen-bond acceptors (Lipinski definition) is 5. The van der Waals surface area contributed by atoms with Crippen molar-refractivity contribution in [2.45, 2.75) is 19.4 Å². The zero-order chi connectivity index (χ0) is 14.9. The number of nitrogens with one attached hydrogen (secondary N) is 2. The van der Waals surface area contributed by atoms with Gasteiger partial charge in [0.05, 0.1) is 5.56 Å². The Bertz CT molecular complexity index is 561.